The van der Waals surface area contributed by atoms with Crippen LogP contribution in [0.5, 0.6) is 5.75 Å². The fourth-order valence-corrected chi connectivity index (χ4v) is 8.12. The number of carbonyl (C=O) groups excluding carboxylic acids is 2. The minimum atomic E-state index is -1.13. The van der Waals surface area contributed by atoms with E-state index < -0.39 is 16.8 Å². The van der Waals surface area contributed by atoms with Crippen LogP contribution in [0.2, 0.25) is 0 Å². The number of ketones is 1. The van der Waals surface area contributed by atoms with E-state index in [1.165, 1.54) is 18.2 Å². The molecular formula is C31H43BrO7. The van der Waals surface area contributed by atoms with Gasteiger partial charge in [-0.3, -0.25) is 9.59 Å². The van der Waals surface area contributed by atoms with Gasteiger partial charge < -0.3 is 23.7 Å². The SMILES string of the molecule is COC(=O)C1(CCOCCOCCBr)C[C@H]2[C@@H]3CCc4cc(OC5CCCCO5)ccc4[C@H]3CC[C@]2(C)C1=O. The Morgan fingerprint density at radius 3 is 2.67 bits per heavy atom. The molecule has 0 amide bonds. The van der Waals surface area contributed by atoms with Gasteiger partial charge in [-0.2, -0.15) is 0 Å². The molecule has 5 rings (SSSR count). The Labute approximate surface area is 240 Å². The van der Waals surface area contributed by atoms with Crippen molar-refractivity contribution in [3.8, 4) is 5.75 Å². The van der Waals surface area contributed by atoms with Crippen molar-refractivity contribution in [2.75, 3.05) is 45.5 Å². The standard InChI is InChI=1S/C31H43BrO7/c1-30-11-10-24-23-9-7-22(39-27-5-3-4-14-38-27)19-21(23)6-8-25(24)26(30)20-31(28(30)33,29(34)35-2)12-15-36-17-18-37-16-13-32/h7,9,19,24-27H,3-6,8,10-18,20H2,1-2H3/t24-,25-,26+,27?,30+,31?/m1/s1. The number of esters is 1. The topological polar surface area (TPSA) is 80.3 Å². The van der Waals surface area contributed by atoms with Gasteiger partial charge in [-0.05, 0) is 92.4 Å². The molecule has 4 aliphatic rings. The fraction of sp³-hybridized carbons (Fsp3) is 0.742. The van der Waals surface area contributed by atoms with Crippen LogP contribution in [0.3, 0.4) is 0 Å². The molecule has 1 aromatic rings. The summed E-state index contributed by atoms with van der Waals surface area (Å²) in [7, 11) is 1.40. The van der Waals surface area contributed by atoms with Crippen LogP contribution < -0.4 is 4.74 Å². The van der Waals surface area contributed by atoms with E-state index in [4.69, 9.17) is 23.7 Å². The number of hydrogen-bond donors (Lipinski definition) is 0. The molecule has 0 spiro atoms. The van der Waals surface area contributed by atoms with Gasteiger partial charge in [0, 0.05) is 23.8 Å². The van der Waals surface area contributed by atoms with E-state index >= 15 is 0 Å². The van der Waals surface area contributed by atoms with E-state index in [9.17, 15) is 9.59 Å². The van der Waals surface area contributed by atoms with Crippen LogP contribution in [0, 0.1) is 22.7 Å². The lowest BCUT2D eigenvalue weighted by Gasteiger charge is -2.48. The maximum absolute atomic E-state index is 14.1. The predicted molar refractivity (Wildman–Crippen MR) is 150 cm³/mol. The van der Waals surface area contributed by atoms with Crippen LogP contribution in [-0.2, 0) is 35.0 Å². The molecule has 1 heterocycles. The number of hydrogen-bond acceptors (Lipinski definition) is 7. The third kappa shape index (κ3) is 5.68. The zero-order chi connectivity index (χ0) is 27.5. The normalized spacial score (nSPS) is 33.7. The van der Waals surface area contributed by atoms with Crippen LogP contribution in [0.1, 0.15) is 75.3 Å². The highest BCUT2D eigenvalue weighted by molar-refractivity contribution is 9.09. The molecule has 0 N–H and O–H groups in total. The number of carbonyl (C=O) groups is 2. The molecule has 8 heteroatoms. The summed E-state index contributed by atoms with van der Waals surface area (Å²) in [5, 5.41) is 0.782. The number of benzene rings is 1. The lowest BCUT2D eigenvalue weighted by atomic mass is 9.55. The van der Waals surface area contributed by atoms with E-state index in [0.29, 0.717) is 51.1 Å². The molecule has 2 unspecified atom stereocenters. The molecule has 0 aromatic heterocycles. The number of fused-ring (bicyclic) bond motifs is 5. The van der Waals surface area contributed by atoms with E-state index in [0.717, 1.165) is 62.6 Å². The van der Waals surface area contributed by atoms with E-state index in [1.807, 2.05) is 0 Å². The molecule has 3 fully saturated rings. The Hall–Kier alpha value is -1.48. The Kier molecular flexibility index (Phi) is 9.36. The molecule has 6 atom stereocenters. The molecule has 39 heavy (non-hydrogen) atoms. The summed E-state index contributed by atoms with van der Waals surface area (Å²) in [6, 6.07) is 6.53. The van der Waals surface area contributed by atoms with Gasteiger partial charge in [-0.1, -0.05) is 28.9 Å². The first-order valence-corrected chi connectivity index (χ1v) is 15.8. The maximum atomic E-state index is 14.1. The Morgan fingerprint density at radius 1 is 1.10 bits per heavy atom. The Balaban J connectivity index is 1.30. The molecule has 1 saturated heterocycles. The first-order chi connectivity index (χ1) is 18.9. The van der Waals surface area contributed by atoms with Crippen molar-refractivity contribution in [1.29, 1.82) is 0 Å². The van der Waals surface area contributed by atoms with Crippen molar-refractivity contribution in [2.45, 2.75) is 76.9 Å². The molecule has 216 valence electrons. The lowest BCUT2D eigenvalue weighted by molar-refractivity contribution is -0.159. The largest absolute Gasteiger partial charge is 0.468 e. The van der Waals surface area contributed by atoms with Crippen molar-refractivity contribution < 1.29 is 33.3 Å². The van der Waals surface area contributed by atoms with Gasteiger partial charge in [-0.25, -0.2) is 0 Å². The first-order valence-electron chi connectivity index (χ1n) is 14.7. The van der Waals surface area contributed by atoms with Gasteiger partial charge in [0.15, 0.2) is 12.1 Å². The van der Waals surface area contributed by atoms with Gasteiger partial charge in [0.25, 0.3) is 0 Å². The quantitative estimate of drug-likeness (QED) is 0.140. The smallest absolute Gasteiger partial charge is 0.319 e. The van der Waals surface area contributed by atoms with E-state index in [2.05, 4.69) is 41.1 Å². The average Bonchev–Trinajstić information content (AvgIpc) is 3.19. The van der Waals surface area contributed by atoms with Crippen LogP contribution in [0.4, 0.5) is 0 Å². The van der Waals surface area contributed by atoms with E-state index in [-0.39, 0.29) is 18.0 Å². The molecular weight excluding hydrogens is 564 g/mol. The van der Waals surface area contributed by atoms with Crippen molar-refractivity contribution >= 4 is 27.7 Å². The summed E-state index contributed by atoms with van der Waals surface area (Å²) < 4.78 is 28.4. The number of alkyl halides is 1. The highest BCUT2D eigenvalue weighted by Gasteiger charge is 2.66. The van der Waals surface area contributed by atoms with Gasteiger partial charge in [0.1, 0.15) is 11.2 Å². The van der Waals surface area contributed by atoms with Crippen molar-refractivity contribution in [3.05, 3.63) is 29.3 Å². The number of halogens is 1. The lowest BCUT2D eigenvalue weighted by Crippen LogP contribution is -2.45. The van der Waals surface area contributed by atoms with Crippen LogP contribution >= 0.6 is 15.9 Å². The van der Waals surface area contributed by atoms with E-state index in [1.54, 1.807) is 0 Å². The molecule has 3 aliphatic carbocycles. The minimum absolute atomic E-state index is 0.0615. The van der Waals surface area contributed by atoms with Gasteiger partial charge >= 0.3 is 5.97 Å². The van der Waals surface area contributed by atoms with Crippen LogP contribution in [-0.4, -0.2) is 63.5 Å². The average molecular weight is 608 g/mol. The molecule has 2 saturated carbocycles. The van der Waals surface area contributed by atoms with Gasteiger partial charge in [0.2, 0.25) is 0 Å². The van der Waals surface area contributed by atoms with Gasteiger partial charge in [-0.15, -0.1) is 0 Å². The Morgan fingerprint density at radius 2 is 1.92 bits per heavy atom. The second kappa shape index (κ2) is 12.6. The number of aryl methyl sites for hydroxylation is 1. The highest BCUT2D eigenvalue weighted by atomic mass is 79.9. The summed E-state index contributed by atoms with van der Waals surface area (Å²) in [5.41, 5.74) is 1.11. The molecule has 0 bridgehead atoms. The fourth-order valence-electron chi connectivity index (χ4n) is 7.89. The maximum Gasteiger partial charge on any atom is 0.319 e. The Bertz CT molecular complexity index is 1020. The first kappa shape index (κ1) is 29.0. The predicted octanol–water partition coefficient (Wildman–Crippen LogP) is 5.60. The monoisotopic (exact) mass is 606 g/mol. The van der Waals surface area contributed by atoms with Crippen molar-refractivity contribution in [1.82, 2.24) is 0 Å². The zero-order valence-corrected chi connectivity index (χ0v) is 25.0. The minimum Gasteiger partial charge on any atom is -0.468 e. The third-order valence-electron chi connectivity index (χ3n) is 9.86. The summed E-state index contributed by atoms with van der Waals surface area (Å²) in [6.45, 7) is 4.78. The number of Topliss-reactive ketones (excluding diaryl/α,β-unsaturated/α-hetero) is 1. The van der Waals surface area contributed by atoms with Crippen LogP contribution in [0.15, 0.2) is 18.2 Å². The number of rotatable bonds is 11. The zero-order valence-electron chi connectivity index (χ0n) is 23.4. The summed E-state index contributed by atoms with van der Waals surface area (Å²) in [5.74, 6) is 1.48. The van der Waals surface area contributed by atoms with Gasteiger partial charge in [0.05, 0.1) is 33.5 Å². The van der Waals surface area contributed by atoms with Crippen LogP contribution in [0.25, 0.3) is 0 Å². The number of methoxy groups -OCH3 is 1. The second-order valence-electron chi connectivity index (χ2n) is 11.9. The molecule has 7 nitrogen and oxygen atoms in total. The summed E-state index contributed by atoms with van der Waals surface area (Å²) in [6.07, 6.45) is 7.69. The number of ether oxygens (including phenoxy) is 5. The van der Waals surface area contributed by atoms with Crippen molar-refractivity contribution in [3.63, 3.8) is 0 Å². The summed E-state index contributed by atoms with van der Waals surface area (Å²) >= 11 is 3.34. The summed E-state index contributed by atoms with van der Waals surface area (Å²) in [4.78, 5) is 27.4. The molecule has 1 aliphatic heterocycles. The molecule has 0 radical (unpaired) electrons. The third-order valence-corrected chi connectivity index (χ3v) is 10.2. The molecule has 1 aromatic carbocycles. The highest BCUT2D eigenvalue weighted by Crippen LogP contribution is 2.64. The van der Waals surface area contributed by atoms with Crippen molar-refractivity contribution in [2.24, 2.45) is 22.7 Å². The second-order valence-corrected chi connectivity index (χ2v) is 12.7.